The van der Waals surface area contributed by atoms with E-state index in [2.05, 4.69) is 16.8 Å². The predicted octanol–water partition coefficient (Wildman–Crippen LogP) is 3.22. The van der Waals surface area contributed by atoms with Gasteiger partial charge in [0, 0.05) is 31.0 Å². The molecule has 1 aromatic rings. The Balaban J connectivity index is 2.02. The highest BCUT2D eigenvalue weighted by atomic mass is 35.5. The number of rotatable bonds is 5. The van der Waals surface area contributed by atoms with Crippen molar-refractivity contribution >= 4 is 11.6 Å². The number of nitrogens with two attached hydrogens (primary N) is 1. The normalized spacial score (nSPS) is 23.8. The Hall–Kier alpha value is -0.640. The van der Waals surface area contributed by atoms with Crippen molar-refractivity contribution in [1.82, 2.24) is 9.88 Å². The molecule has 0 amide bonds. The Morgan fingerprint density at radius 2 is 2.11 bits per heavy atom. The largest absolute Gasteiger partial charge is 0.328 e. The van der Waals surface area contributed by atoms with E-state index in [4.69, 9.17) is 17.3 Å². The fourth-order valence-corrected chi connectivity index (χ4v) is 3.07. The molecule has 1 saturated carbocycles. The average Bonchev–Trinajstić information content (AvgIpc) is 2.42. The van der Waals surface area contributed by atoms with Gasteiger partial charge in [-0.2, -0.15) is 0 Å². The SMILES string of the molecule is CCCN(Cc1ccncc1Cl)C1CCC(N)CC1. The second kappa shape index (κ2) is 7.22. The van der Waals surface area contributed by atoms with E-state index in [1.54, 1.807) is 6.20 Å². The van der Waals surface area contributed by atoms with Crippen LogP contribution < -0.4 is 5.73 Å². The van der Waals surface area contributed by atoms with E-state index < -0.39 is 0 Å². The van der Waals surface area contributed by atoms with Crippen LogP contribution in [0.15, 0.2) is 18.5 Å². The van der Waals surface area contributed by atoms with Gasteiger partial charge < -0.3 is 5.73 Å². The van der Waals surface area contributed by atoms with Gasteiger partial charge in [0.15, 0.2) is 0 Å². The van der Waals surface area contributed by atoms with E-state index in [1.807, 2.05) is 12.3 Å². The zero-order chi connectivity index (χ0) is 13.7. The minimum atomic E-state index is 0.407. The summed E-state index contributed by atoms with van der Waals surface area (Å²) in [6.45, 7) is 4.28. The van der Waals surface area contributed by atoms with Crippen molar-refractivity contribution in [1.29, 1.82) is 0 Å². The number of hydrogen-bond acceptors (Lipinski definition) is 3. The van der Waals surface area contributed by atoms with E-state index >= 15 is 0 Å². The van der Waals surface area contributed by atoms with Gasteiger partial charge in [0.05, 0.1) is 5.02 Å². The van der Waals surface area contributed by atoms with Crippen molar-refractivity contribution in [3.63, 3.8) is 0 Å². The molecular weight excluding hydrogens is 258 g/mol. The molecule has 1 aromatic heterocycles. The Morgan fingerprint density at radius 3 is 2.74 bits per heavy atom. The molecule has 106 valence electrons. The second-order valence-corrected chi connectivity index (χ2v) is 5.91. The van der Waals surface area contributed by atoms with Crippen LogP contribution in [0.4, 0.5) is 0 Å². The summed E-state index contributed by atoms with van der Waals surface area (Å²) in [5.41, 5.74) is 7.18. The van der Waals surface area contributed by atoms with Gasteiger partial charge >= 0.3 is 0 Å². The van der Waals surface area contributed by atoms with Crippen LogP contribution in [0.1, 0.15) is 44.6 Å². The molecule has 2 N–H and O–H groups in total. The standard InChI is InChI=1S/C15H24ClN3/c1-2-9-19(14-5-3-13(17)4-6-14)11-12-7-8-18-10-15(12)16/h7-8,10,13-14H,2-6,9,11,17H2,1H3. The van der Waals surface area contributed by atoms with Crippen LogP contribution in [0, 0.1) is 0 Å². The quantitative estimate of drug-likeness (QED) is 0.901. The van der Waals surface area contributed by atoms with E-state index in [9.17, 15) is 0 Å². The third-order valence-electron chi connectivity index (χ3n) is 4.00. The van der Waals surface area contributed by atoms with Gasteiger partial charge in [-0.25, -0.2) is 0 Å². The van der Waals surface area contributed by atoms with Crippen LogP contribution in [0.25, 0.3) is 0 Å². The molecule has 1 heterocycles. The lowest BCUT2D eigenvalue weighted by atomic mass is 9.90. The lowest BCUT2D eigenvalue weighted by Crippen LogP contribution is -2.40. The molecule has 0 radical (unpaired) electrons. The maximum Gasteiger partial charge on any atom is 0.0634 e. The van der Waals surface area contributed by atoms with Crippen molar-refractivity contribution in [2.45, 2.75) is 57.7 Å². The first-order valence-electron chi connectivity index (χ1n) is 7.28. The van der Waals surface area contributed by atoms with Crippen molar-refractivity contribution in [3.8, 4) is 0 Å². The molecule has 3 nitrogen and oxygen atoms in total. The molecule has 0 unspecified atom stereocenters. The lowest BCUT2D eigenvalue weighted by molar-refractivity contribution is 0.142. The summed E-state index contributed by atoms with van der Waals surface area (Å²) in [5, 5.41) is 0.774. The van der Waals surface area contributed by atoms with E-state index in [1.165, 1.54) is 24.8 Å². The first-order chi connectivity index (χ1) is 9.20. The molecule has 0 bridgehead atoms. The molecule has 0 atom stereocenters. The van der Waals surface area contributed by atoms with Gasteiger partial charge in [-0.1, -0.05) is 18.5 Å². The number of halogens is 1. The fraction of sp³-hybridized carbons (Fsp3) is 0.667. The Bertz CT molecular complexity index is 389. The zero-order valence-electron chi connectivity index (χ0n) is 11.7. The molecular formula is C15H24ClN3. The van der Waals surface area contributed by atoms with Gasteiger partial charge in [-0.05, 0) is 50.3 Å². The van der Waals surface area contributed by atoms with Crippen molar-refractivity contribution in [3.05, 3.63) is 29.0 Å². The summed E-state index contributed by atoms with van der Waals surface area (Å²) in [7, 11) is 0. The maximum atomic E-state index is 6.22. The topological polar surface area (TPSA) is 42.2 Å². The zero-order valence-corrected chi connectivity index (χ0v) is 12.4. The van der Waals surface area contributed by atoms with Gasteiger partial charge in [-0.15, -0.1) is 0 Å². The molecule has 1 aliphatic rings. The summed E-state index contributed by atoms with van der Waals surface area (Å²) in [6, 6.07) is 3.09. The average molecular weight is 282 g/mol. The number of hydrogen-bond donors (Lipinski definition) is 1. The van der Waals surface area contributed by atoms with E-state index in [0.29, 0.717) is 12.1 Å². The Labute approximate surface area is 121 Å². The molecule has 4 heteroatoms. The lowest BCUT2D eigenvalue weighted by Gasteiger charge is -2.36. The number of aromatic nitrogens is 1. The smallest absolute Gasteiger partial charge is 0.0634 e. The minimum Gasteiger partial charge on any atom is -0.328 e. The maximum absolute atomic E-state index is 6.22. The summed E-state index contributed by atoms with van der Waals surface area (Å²) in [6.07, 6.45) is 9.45. The monoisotopic (exact) mass is 281 g/mol. The second-order valence-electron chi connectivity index (χ2n) is 5.51. The van der Waals surface area contributed by atoms with Crippen LogP contribution >= 0.6 is 11.6 Å². The van der Waals surface area contributed by atoms with Crippen molar-refractivity contribution < 1.29 is 0 Å². The third kappa shape index (κ3) is 4.16. The number of pyridine rings is 1. The molecule has 0 spiro atoms. The Kier molecular flexibility index (Phi) is 5.61. The third-order valence-corrected chi connectivity index (χ3v) is 4.34. The molecule has 0 aliphatic heterocycles. The van der Waals surface area contributed by atoms with Gasteiger partial charge in [-0.3, -0.25) is 9.88 Å². The summed E-state index contributed by atoms with van der Waals surface area (Å²) >= 11 is 6.22. The molecule has 1 fully saturated rings. The van der Waals surface area contributed by atoms with Crippen LogP contribution in [0.3, 0.4) is 0 Å². The highest BCUT2D eigenvalue weighted by molar-refractivity contribution is 6.31. The molecule has 0 aromatic carbocycles. The van der Waals surface area contributed by atoms with Crippen molar-refractivity contribution in [2.24, 2.45) is 5.73 Å². The van der Waals surface area contributed by atoms with Crippen molar-refractivity contribution in [2.75, 3.05) is 6.54 Å². The van der Waals surface area contributed by atoms with E-state index in [-0.39, 0.29) is 0 Å². The van der Waals surface area contributed by atoms with E-state index in [0.717, 1.165) is 31.0 Å². The van der Waals surface area contributed by atoms with Crippen LogP contribution in [0.2, 0.25) is 5.02 Å². The van der Waals surface area contributed by atoms with Gasteiger partial charge in [0.25, 0.3) is 0 Å². The summed E-state index contributed by atoms with van der Waals surface area (Å²) in [5.74, 6) is 0. The van der Waals surface area contributed by atoms with Crippen LogP contribution in [-0.2, 0) is 6.54 Å². The molecule has 1 aliphatic carbocycles. The van der Waals surface area contributed by atoms with Crippen LogP contribution in [-0.4, -0.2) is 28.5 Å². The van der Waals surface area contributed by atoms with Gasteiger partial charge in [0.1, 0.15) is 0 Å². The summed E-state index contributed by atoms with van der Waals surface area (Å²) < 4.78 is 0. The highest BCUT2D eigenvalue weighted by Crippen LogP contribution is 2.25. The molecule has 0 saturated heterocycles. The summed E-state index contributed by atoms with van der Waals surface area (Å²) in [4.78, 5) is 6.62. The fourth-order valence-electron chi connectivity index (χ4n) is 2.90. The van der Waals surface area contributed by atoms with Crippen LogP contribution in [0.5, 0.6) is 0 Å². The predicted molar refractivity (Wildman–Crippen MR) is 80.2 cm³/mol. The highest BCUT2D eigenvalue weighted by Gasteiger charge is 2.24. The first-order valence-corrected chi connectivity index (χ1v) is 7.66. The van der Waals surface area contributed by atoms with Gasteiger partial charge in [0.2, 0.25) is 0 Å². The number of nitrogens with zero attached hydrogens (tertiary/aromatic N) is 2. The molecule has 19 heavy (non-hydrogen) atoms. The molecule has 2 rings (SSSR count). The Morgan fingerprint density at radius 1 is 1.37 bits per heavy atom. The first kappa shape index (κ1) is 14.8. The minimum absolute atomic E-state index is 0.407.